The molecule has 0 aromatic heterocycles. The number of anilines is 2. The second kappa shape index (κ2) is 8.40. The number of carbonyl (C=O) groups is 2. The van der Waals surface area contributed by atoms with Crippen molar-refractivity contribution in [2.45, 2.75) is 4.90 Å². The Labute approximate surface area is 146 Å². The maximum absolute atomic E-state index is 12.0. The van der Waals surface area contributed by atoms with Gasteiger partial charge in [-0.15, -0.1) is 11.8 Å². The van der Waals surface area contributed by atoms with E-state index in [0.717, 1.165) is 10.6 Å². The van der Waals surface area contributed by atoms with E-state index in [4.69, 9.17) is 4.74 Å². The van der Waals surface area contributed by atoms with Crippen molar-refractivity contribution in [1.82, 2.24) is 0 Å². The van der Waals surface area contributed by atoms with Crippen LogP contribution in [0.15, 0.2) is 53.4 Å². The number of ether oxygens (including phenoxy) is 1. The molecule has 0 spiro atoms. The molecule has 2 rings (SSSR count). The molecule has 0 radical (unpaired) electrons. The number of hydrogen-bond donors (Lipinski definition) is 1. The Hall–Kier alpha value is -2.47. The van der Waals surface area contributed by atoms with Crippen LogP contribution in [0.25, 0.3) is 0 Å². The molecule has 0 bridgehead atoms. The Balaban J connectivity index is 1.90. The van der Waals surface area contributed by atoms with E-state index in [1.54, 1.807) is 12.1 Å². The summed E-state index contributed by atoms with van der Waals surface area (Å²) in [5, 5.41) is 2.75. The van der Waals surface area contributed by atoms with Gasteiger partial charge in [0.1, 0.15) is 0 Å². The zero-order valence-corrected chi connectivity index (χ0v) is 14.7. The molecule has 0 unspecified atom stereocenters. The highest BCUT2D eigenvalue weighted by Crippen LogP contribution is 2.24. The highest BCUT2D eigenvalue weighted by molar-refractivity contribution is 7.98. The molecule has 2 aromatic rings. The standard InChI is InChI=1S/C18H20N2O3S/c1-20(2)14-10-8-13(9-11-14)18(22)23-12-17(21)19-15-6-4-5-7-16(15)24-3/h4-11H,12H2,1-3H3,(H,19,21). The maximum Gasteiger partial charge on any atom is 0.338 e. The van der Waals surface area contributed by atoms with Crippen LogP contribution in [-0.4, -0.2) is 38.8 Å². The smallest absolute Gasteiger partial charge is 0.338 e. The number of esters is 1. The lowest BCUT2D eigenvalue weighted by atomic mass is 10.2. The summed E-state index contributed by atoms with van der Waals surface area (Å²) in [5.41, 5.74) is 2.11. The number of para-hydroxylation sites is 1. The minimum Gasteiger partial charge on any atom is -0.452 e. The first-order valence-electron chi connectivity index (χ1n) is 7.38. The van der Waals surface area contributed by atoms with Gasteiger partial charge in [0, 0.05) is 24.7 Å². The van der Waals surface area contributed by atoms with E-state index in [1.165, 1.54) is 11.8 Å². The fourth-order valence-electron chi connectivity index (χ4n) is 2.04. The number of carbonyl (C=O) groups excluding carboxylic acids is 2. The summed E-state index contributed by atoms with van der Waals surface area (Å²) in [6, 6.07) is 14.5. The minimum atomic E-state index is -0.520. The molecule has 0 atom stereocenters. The van der Waals surface area contributed by atoms with Crippen LogP contribution in [0.3, 0.4) is 0 Å². The van der Waals surface area contributed by atoms with Gasteiger partial charge >= 0.3 is 5.97 Å². The molecule has 0 aliphatic carbocycles. The molecule has 0 aliphatic rings. The first-order valence-corrected chi connectivity index (χ1v) is 8.61. The molecule has 6 heteroatoms. The van der Waals surface area contributed by atoms with Crippen LogP contribution in [0.4, 0.5) is 11.4 Å². The minimum absolute atomic E-state index is 0.322. The Morgan fingerprint density at radius 1 is 1.08 bits per heavy atom. The van der Waals surface area contributed by atoms with Gasteiger partial charge in [-0.2, -0.15) is 0 Å². The van der Waals surface area contributed by atoms with E-state index in [9.17, 15) is 9.59 Å². The lowest BCUT2D eigenvalue weighted by Gasteiger charge is -2.12. The van der Waals surface area contributed by atoms with Crippen molar-refractivity contribution in [3.63, 3.8) is 0 Å². The summed E-state index contributed by atoms with van der Waals surface area (Å²) in [7, 11) is 3.84. The van der Waals surface area contributed by atoms with Gasteiger partial charge in [-0.3, -0.25) is 4.79 Å². The van der Waals surface area contributed by atoms with Gasteiger partial charge in [0.2, 0.25) is 0 Å². The fraction of sp³-hybridized carbons (Fsp3) is 0.222. The van der Waals surface area contributed by atoms with Crippen molar-refractivity contribution in [1.29, 1.82) is 0 Å². The highest BCUT2D eigenvalue weighted by Gasteiger charge is 2.11. The Bertz CT molecular complexity index is 714. The zero-order chi connectivity index (χ0) is 17.5. The van der Waals surface area contributed by atoms with Gasteiger partial charge in [0.05, 0.1) is 11.3 Å². The molecule has 0 saturated heterocycles. The average molecular weight is 344 g/mol. The third-order valence-electron chi connectivity index (χ3n) is 3.33. The molecule has 1 amide bonds. The molecule has 0 heterocycles. The van der Waals surface area contributed by atoms with Gasteiger partial charge in [-0.05, 0) is 42.7 Å². The Morgan fingerprint density at radius 3 is 2.38 bits per heavy atom. The third-order valence-corrected chi connectivity index (χ3v) is 4.13. The molecular formula is C18H20N2O3S. The molecule has 5 nitrogen and oxygen atoms in total. The fourth-order valence-corrected chi connectivity index (χ4v) is 2.60. The highest BCUT2D eigenvalue weighted by atomic mass is 32.2. The summed E-state index contributed by atoms with van der Waals surface area (Å²) >= 11 is 1.54. The molecule has 0 saturated carbocycles. The van der Waals surface area contributed by atoms with Gasteiger partial charge in [-0.25, -0.2) is 4.79 Å². The van der Waals surface area contributed by atoms with Gasteiger partial charge in [-0.1, -0.05) is 12.1 Å². The third kappa shape index (κ3) is 4.76. The molecule has 0 aliphatic heterocycles. The first-order chi connectivity index (χ1) is 11.5. The predicted molar refractivity (Wildman–Crippen MR) is 97.9 cm³/mol. The number of thioether (sulfide) groups is 1. The van der Waals surface area contributed by atoms with Crippen LogP contribution in [-0.2, 0) is 9.53 Å². The van der Waals surface area contributed by atoms with Gasteiger partial charge in [0.25, 0.3) is 5.91 Å². The second-order valence-corrected chi connectivity index (χ2v) is 6.11. The zero-order valence-electron chi connectivity index (χ0n) is 13.9. The van der Waals surface area contributed by atoms with E-state index in [2.05, 4.69) is 5.32 Å². The number of nitrogens with one attached hydrogen (secondary N) is 1. The topological polar surface area (TPSA) is 58.6 Å². The largest absolute Gasteiger partial charge is 0.452 e. The molecule has 0 fully saturated rings. The van der Waals surface area contributed by atoms with Crippen LogP contribution in [0.1, 0.15) is 10.4 Å². The van der Waals surface area contributed by atoms with Crippen molar-refractivity contribution in [2.24, 2.45) is 0 Å². The number of hydrogen-bond acceptors (Lipinski definition) is 5. The van der Waals surface area contributed by atoms with E-state index >= 15 is 0 Å². The van der Waals surface area contributed by atoms with E-state index in [1.807, 2.05) is 61.6 Å². The molecule has 1 N–H and O–H groups in total. The molecule has 126 valence electrons. The van der Waals surface area contributed by atoms with E-state index < -0.39 is 5.97 Å². The van der Waals surface area contributed by atoms with Crippen LogP contribution in [0.5, 0.6) is 0 Å². The number of benzene rings is 2. The number of nitrogens with zero attached hydrogens (tertiary/aromatic N) is 1. The Morgan fingerprint density at radius 2 is 1.75 bits per heavy atom. The molecule has 2 aromatic carbocycles. The molecule has 24 heavy (non-hydrogen) atoms. The average Bonchev–Trinajstić information content (AvgIpc) is 2.60. The van der Waals surface area contributed by atoms with Crippen molar-refractivity contribution < 1.29 is 14.3 Å². The first kappa shape index (κ1) is 17.9. The van der Waals surface area contributed by atoms with E-state index in [0.29, 0.717) is 11.3 Å². The van der Waals surface area contributed by atoms with Crippen LogP contribution < -0.4 is 10.2 Å². The molecular weight excluding hydrogens is 324 g/mol. The van der Waals surface area contributed by atoms with Crippen molar-refractivity contribution in [2.75, 3.05) is 37.2 Å². The summed E-state index contributed by atoms with van der Waals surface area (Å²) in [6.45, 7) is -0.322. The lowest BCUT2D eigenvalue weighted by Crippen LogP contribution is -2.21. The Kier molecular flexibility index (Phi) is 6.26. The number of rotatable bonds is 6. The van der Waals surface area contributed by atoms with Crippen molar-refractivity contribution in [3.8, 4) is 0 Å². The van der Waals surface area contributed by atoms with Gasteiger partial charge < -0.3 is 15.0 Å². The second-order valence-electron chi connectivity index (χ2n) is 5.27. The summed E-state index contributed by atoms with van der Waals surface area (Å²) in [4.78, 5) is 26.8. The van der Waals surface area contributed by atoms with E-state index in [-0.39, 0.29) is 12.5 Å². The van der Waals surface area contributed by atoms with Crippen molar-refractivity contribution >= 4 is 35.0 Å². The van der Waals surface area contributed by atoms with Crippen LogP contribution >= 0.6 is 11.8 Å². The van der Waals surface area contributed by atoms with Gasteiger partial charge in [0.15, 0.2) is 6.61 Å². The normalized spacial score (nSPS) is 10.1. The quantitative estimate of drug-likeness (QED) is 0.644. The monoisotopic (exact) mass is 344 g/mol. The predicted octanol–water partition coefficient (Wildman–Crippen LogP) is 3.27. The van der Waals surface area contributed by atoms with Crippen LogP contribution in [0, 0.1) is 0 Å². The maximum atomic E-state index is 12.0. The SMILES string of the molecule is CSc1ccccc1NC(=O)COC(=O)c1ccc(N(C)C)cc1. The summed E-state index contributed by atoms with van der Waals surface area (Å²) in [6.07, 6.45) is 1.93. The summed E-state index contributed by atoms with van der Waals surface area (Å²) < 4.78 is 5.06. The number of amides is 1. The van der Waals surface area contributed by atoms with Crippen LogP contribution in [0.2, 0.25) is 0 Å². The lowest BCUT2D eigenvalue weighted by molar-refractivity contribution is -0.119. The van der Waals surface area contributed by atoms with Crippen molar-refractivity contribution in [3.05, 3.63) is 54.1 Å². The summed E-state index contributed by atoms with van der Waals surface area (Å²) in [5.74, 6) is -0.886.